The van der Waals surface area contributed by atoms with Crippen molar-refractivity contribution in [3.8, 4) is 0 Å². The van der Waals surface area contributed by atoms with Crippen LogP contribution in [0.3, 0.4) is 0 Å². The molecule has 0 amide bonds. The van der Waals surface area contributed by atoms with Crippen molar-refractivity contribution in [2.24, 2.45) is 0 Å². The number of benzene rings is 2. The third-order valence-electron chi connectivity index (χ3n) is 4.49. The van der Waals surface area contributed by atoms with Crippen LogP contribution in [0.2, 0.25) is 0 Å². The maximum Gasteiger partial charge on any atom is 0.416 e. The summed E-state index contributed by atoms with van der Waals surface area (Å²) < 4.78 is 37.9. The first kappa shape index (κ1) is 17.2. The number of nitrogens with zero attached hydrogens (tertiary/aromatic N) is 1. The van der Waals surface area contributed by atoms with Gasteiger partial charge in [0.25, 0.3) is 0 Å². The fourth-order valence-electron chi connectivity index (χ4n) is 3.12. The molecular weight excluding hydrogens is 327 g/mol. The minimum atomic E-state index is -4.31. The van der Waals surface area contributed by atoms with Crippen molar-refractivity contribution < 1.29 is 13.2 Å². The van der Waals surface area contributed by atoms with Crippen LogP contribution < -0.4 is 4.90 Å². The first-order chi connectivity index (χ1) is 11.9. The average Bonchev–Trinajstić information content (AvgIpc) is 2.98. The van der Waals surface area contributed by atoms with Gasteiger partial charge in [-0.2, -0.15) is 13.2 Å². The molecule has 0 atom stereocenters. The Kier molecular flexibility index (Phi) is 4.61. The van der Waals surface area contributed by atoms with E-state index in [1.54, 1.807) is 0 Å². The SMILES string of the molecule is N=CC(C=N)c1ccc2c(c1)CCN2Cc1ccc(C(F)(F)F)cc1. The summed E-state index contributed by atoms with van der Waals surface area (Å²) >= 11 is 0. The van der Waals surface area contributed by atoms with Crippen molar-refractivity contribution in [2.45, 2.75) is 25.1 Å². The molecule has 25 heavy (non-hydrogen) atoms. The second-order valence-corrected chi connectivity index (χ2v) is 6.11. The Morgan fingerprint density at radius 2 is 1.72 bits per heavy atom. The minimum absolute atomic E-state index is 0.311. The number of hydrogen-bond donors (Lipinski definition) is 2. The van der Waals surface area contributed by atoms with Crippen molar-refractivity contribution in [2.75, 3.05) is 11.4 Å². The van der Waals surface area contributed by atoms with Gasteiger partial charge in [0.05, 0.1) is 11.5 Å². The van der Waals surface area contributed by atoms with Crippen LogP contribution in [0.1, 0.15) is 28.2 Å². The number of nitrogens with one attached hydrogen (secondary N) is 2. The van der Waals surface area contributed by atoms with E-state index in [1.165, 1.54) is 24.6 Å². The molecule has 3 nitrogen and oxygen atoms in total. The molecule has 2 aromatic carbocycles. The second-order valence-electron chi connectivity index (χ2n) is 6.11. The molecule has 0 saturated heterocycles. The summed E-state index contributed by atoms with van der Waals surface area (Å²) in [5.74, 6) is -0.311. The summed E-state index contributed by atoms with van der Waals surface area (Å²) in [6.45, 7) is 1.36. The summed E-state index contributed by atoms with van der Waals surface area (Å²) in [5.41, 5.74) is 3.34. The topological polar surface area (TPSA) is 50.9 Å². The van der Waals surface area contributed by atoms with Crippen molar-refractivity contribution in [3.63, 3.8) is 0 Å². The van der Waals surface area contributed by atoms with Gasteiger partial charge >= 0.3 is 6.18 Å². The third-order valence-corrected chi connectivity index (χ3v) is 4.49. The molecule has 6 heteroatoms. The van der Waals surface area contributed by atoms with E-state index in [1.807, 2.05) is 18.2 Å². The summed E-state index contributed by atoms with van der Waals surface area (Å²) in [7, 11) is 0. The quantitative estimate of drug-likeness (QED) is 0.762. The van der Waals surface area contributed by atoms with Gasteiger partial charge < -0.3 is 15.7 Å². The Morgan fingerprint density at radius 1 is 1.04 bits per heavy atom. The van der Waals surface area contributed by atoms with E-state index in [-0.39, 0.29) is 5.92 Å². The molecule has 1 aliphatic rings. The van der Waals surface area contributed by atoms with Crippen molar-refractivity contribution in [3.05, 3.63) is 64.7 Å². The number of fused-ring (bicyclic) bond motifs is 1. The molecule has 2 N–H and O–H groups in total. The average molecular weight is 345 g/mol. The van der Waals surface area contributed by atoms with Crippen LogP contribution in [0.15, 0.2) is 42.5 Å². The predicted molar refractivity (Wildman–Crippen MR) is 92.9 cm³/mol. The lowest BCUT2D eigenvalue weighted by atomic mass is 9.98. The van der Waals surface area contributed by atoms with Gasteiger partial charge in [-0.1, -0.05) is 24.3 Å². The van der Waals surface area contributed by atoms with Gasteiger partial charge in [-0.05, 0) is 41.3 Å². The molecule has 0 fully saturated rings. The highest BCUT2D eigenvalue weighted by molar-refractivity contribution is 5.88. The maximum absolute atomic E-state index is 12.6. The van der Waals surface area contributed by atoms with Crippen molar-refractivity contribution in [1.29, 1.82) is 10.8 Å². The molecule has 1 aliphatic heterocycles. The summed E-state index contributed by atoms with van der Waals surface area (Å²) in [4.78, 5) is 2.14. The molecule has 130 valence electrons. The summed E-state index contributed by atoms with van der Waals surface area (Å²) in [5, 5.41) is 14.8. The molecule has 0 aromatic heterocycles. The third kappa shape index (κ3) is 3.57. The minimum Gasteiger partial charge on any atom is -0.367 e. The molecule has 0 bridgehead atoms. The standard InChI is InChI=1S/C19H18F3N3/c20-19(21,22)17-4-1-13(2-5-17)12-25-8-7-15-9-14(3-6-18(15)25)16(10-23)11-24/h1-6,9-11,16,23-24H,7-8,12H2. The highest BCUT2D eigenvalue weighted by atomic mass is 19.4. The van der Waals surface area contributed by atoms with Gasteiger partial charge in [-0.15, -0.1) is 0 Å². The maximum atomic E-state index is 12.6. The van der Waals surface area contributed by atoms with Crippen LogP contribution in [0.25, 0.3) is 0 Å². The smallest absolute Gasteiger partial charge is 0.367 e. The van der Waals surface area contributed by atoms with E-state index in [2.05, 4.69) is 4.90 Å². The van der Waals surface area contributed by atoms with Crippen LogP contribution in [0.4, 0.5) is 18.9 Å². The van der Waals surface area contributed by atoms with E-state index in [0.717, 1.165) is 47.5 Å². The molecule has 0 unspecified atom stereocenters. The second kappa shape index (κ2) is 6.70. The lowest BCUT2D eigenvalue weighted by Gasteiger charge is -2.20. The largest absolute Gasteiger partial charge is 0.416 e. The van der Waals surface area contributed by atoms with Gasteiger partial charge in [0.2, 0.25) is 0 Å². The highest BCUT2D eigenvalue weighted by Crippen LogP contribution is 2.33. The first-order valence-corrected chi connectivity index (χ1v) is 7.97. The van der Waals surface area contributed by atoms with E-state index in [9.17, 15) is 13.2 Å². The first-order valence-electron chi connectivity index (χ1n) is 7.97. The van der Waals surface area contributed by atoms with Gasteiger partial charge in [-0.25, -0.2) is 0 Å². The van der Waals surface area contributed by atoms with Gasteiger partial charge in [0, 0.05) is 31.2 Å². The predicted octanol–water partition coefficient (Wildman–Crippen LogP) is 4.65. The summed E-state index contributed by atoms with van der Waals surface area (Å²) in [6, 6.07) is 11.2. The molecular formula is C19H18F3N3. The Bertz CT molecular complexity index is 773. The summed E-state index contributed by atoms with van der Waals surface area (Å²) in [6.07, 6.45) is -0.977. The van der Waals surface area contributed by atoms with Gasteiger partial charge in [0.1, 0.15) is 0 Å². The van der Waals surface area contributed by atoms with Gasteiger partial charge in [0.15, 0.2) is 0 Å². The fraction of sp³-hybridized carbons (Fsp3) is 0.263. The Morgan fingerprint density at radius 3 is 2.32 bits per heavy atom. The molecule has 2 aromatic rings. The van der Waals surface area contributed by atoms with Crippen LogP contribution in [0.5, 0.6) is 0 Å². The van der Waals surface area contributed by atoms with E-state index in [0.29, 0.717) is 6.54 Å². The lowest BCUT2D eigenvalue weighted by molar-refractivity contribution is -0.137. The Balaban J connectivity index is 1.77. The Hall–Kier alpha value is -2.63. The normalized spacial score (nSPS) is 14.9. The fourth-order valence-corrected chi connectivity index (χ4v) is 3.12. The number of hydrogen-bond acceptors (Lipinski definition) is 3. The monoisotopic (exact) mass is 345 g/mol. The van der Waals surface area contributed by atoms with E-state index >= 15 is 0 Å². The molecule has 0 spiro atoms. The zero-order valence-corrected chi connectivity index (χ0v) is 13.5. The molecule has 0 radical (unpaired) electrons. The van der Waals surface area contributed by atoms with Crippen LogP contribution >= 0.6 is 0 Å². The van der Waals surface area contributed by atoms with Crippen LogP contribution in [-0.4, -0.2) is 19.0 Å². The number of alkyl halides is 3. The van der Waals surface area contributed by atoms with Crippen LogP contribution in [-0.2, 0) is 19.1 Å². The van der Waals surface area contributed by atoms with E-state index in [4.69, 9.17) is 10.8 Å². The highest BCUT2D eigenvalue weighted by Gasteiger charge is 2.30. The molecule has 1 heterocycles. The molecule has 3 rings (SSSR count). The van der Waals surface area contributed by atoms with Crippen molar-refractivity contribution >= 4 is 18.1 Å². The van der Waals surface area contributed by atoms with Gasteiger partial charge in [-0.3, -0.25) is 0 Å². The molecule has 0 saturated carbocycles. The van der Waals surface area contributed by atoms with E-state index < -0.39 is 11.7 Å². The molecule has 0 aliphatic carbocycles. The van der Waals surface area contributed by atoms with Crippen molar-refractivity contribution in [1.82, 2.24) is 0 Å². The van der Waals surface area contributed by atoms with Crippen LogP contribution in [0, 0.1) is 10.8 Å². The number of rotatable bonds is 5. The zero-order chi connectivity index (χ0) is 18.0. The number of halogens is 3. The Labute approximate surface area is 144 Å². The zero-order valence-electron chi connectivity index (χ0n) is 13.5. The number of anilines is 1. The lowest BCUT2D eigenvalue weighted by Crippen LogP contribution is -2.19.